The first-order chi connectivity index (χ1) is 8.63. The van der Waals surface area contributed by atoms with Crippen molar-refractivity contribution in [1.29, 1.82) is 0 Å². The largest absolute Gasteiger partial charge is 0.349 e. The Kier molecular flexibility index (Phi) is 4.50. The number of rotatable bonds is 5. The van der Waals surface area contributed by atoms with E-state index in [1.807, 2.05) is 0 Å². The van der Waals surface area contributed by atoms with Crippen molar-refractivity contribution in [2.24, 2.45) is 5.92 Å². The highest BCUT2D eigenvalue weighted by molar-refractivity contribution is 5.26. The summed E-state index contributed by atoms with van der Waals surface area (Å²) in [5.74, 6) is 0.902. The lowest BCUT2D eigenvalue weighted by atomic mass is 9.99. The van der Waals surface area contributed by atoms with Crippen LogP contribution >= 0.6 is 0 Å². The molecule has 1 aromatic heterocycles. The van der Waals surface area contributed by atoms with E-state index in [2.05, 4.69) is 43.6 Å². The smallest absolute Gasteiger partial charge is 0.0225 e. The van der Waals surface area contributed by atoms with E-state index in [1.54, 1.807) is 0 Å². The SMILES string of the molecule is CCn1c(C)cc(CN[C@H](C)C2CCCC2)c1C. The Morgan fingerprint density at radius 1 is 1.33 bits per heavy atom. The number of hydrogen-bond acceptors (Lipinski definition) is 1. The van der Waals surface area contributed by atoms with E-state index in [4.69, 9.17) is 0 Å². The highest BCUT2D eigenvalue weighted by Crippen LogP contribution is 2.27. The molecule has 2 heteroatoms. The third kappa shape index (κ3) is 2.80. The molecule has 0 radical (unpaired) electrons. The van der Waals surface area contributed by atoms with Crippen molar-refractivity contribution in [2.45, 2.75) is 72.5 Å². The topological polar surface area (TPSA) is 17.0 Å². The number of hydrogen-bond donors (Lipinski definition) is 1. The third-order valence-electron chi connectivity index (χ3n) is 4.72. The maximum atomic E-state index is 3.73. The van der Waals surface area contributed by atoms with Gasteiger partial charge in [-0.25, -0.2) is 0 Å². The van der Waals surface area contributed by atoms with Crippen molar-refractivity contribution in [1.82, 2.24) is 9.88 Å². The lowest BCUT2D eigenvalue weighted by Crippen LogP contribution is -2.31. The molecule has 1 atom stereocenters. The zero-order chi connectivity index (χ0) is 13.1. The monoisotopic (exact) mass is 248 g/mol. The van der Waals surface area contributed by atoms with E-state index in [0.29, 0.717) is 6.04 Å². The molecule has 2 nitrogen and oxygen atoms in total. The molecule has 18 heavy (non-hydrogen) atoms. The van der Waals surface area contributed by atoms with Gasteiger partial charge in [-0.2, -0.15) is 0 Å². The van der Waals surface area contributed by atoms with Gasteiger partial charge in [-0.1, -0.05) is 12.8 Å². The highest BCUT2D eigenvalue weighted by atomic mass is 15.0. The van der Waals surface area contributed by atoms with E-state index in [-0.39, 0.29) is 0 Å². The molecule has 0 amide bonds. The second-order valence-corrected chi connectivity index (χ2v) is 5.85. The second-order valence-electron chi connectivity index (χ2n) is 5.85. The molecule has 0 bridgehead atoms. The zero-order valence-electron chi connectivity index (χ0n) is 12.4. The van der Waals surface area contributed by atoms with E-state index in [9.17, 15) is 0 Å². The minimum Gasteiger partial charge on any atom is -0.349 e. The standard InChI is InChI=1S/C16H28N2/c1-5-18-12(2)10-16(14(18)4)11-17-13(3)15-8-6-7-9-15/h10,13,15,17H,5-9,11H2,1-4H3/t13-/m1/s1. The molecule has 1 fully saturated rings. The molecule has 1 saturated carbocycles. The number of aryl methyl sites for hydroxylation is 1. The predicted molar refractivity (Wildman–Crippen MR) is 77.8 cm³/mol. The van der Waals surface area contributed by atoms with Crippen LogP contribution in [0, 0.1) is 19.8 Å². The van der Waals surface area contributed by atoms with Crippen LogP contribution in [-0.2, 0) is 13.1 Å². The molecular weight excluding hydrogens is 220 g/mol. The first-order valence-electron chi connectivity index (χ1n) is 7.52. The van der Waals surface area contributed by atoms with Gasteiger partial charge >= 0.3 is 0 Å². The molecule has 1 aromatic rings. The van der Waals surface area contributed by atoms with Crippen LogP contribution in [-0.4, -0.2) is 10.6 Å². The summed E-state index contributed by atoms with van der Waals surface area (Å²) in [4.78, 5) is 0. The highest BCUT2D eigenvalue weighted by Gasteiger charge is 2.21. The molecule has 1 N–H and O–H groups in total. The number of nitrogens with zero attached hydrogens (tertiary/aromatic N) is 1. The molecule has 0 unspecified atom stereocenters. The van der Waals surface area contributed by atoms with Gasteiger partial charge in [-0.3, -0.25) is 0 Å². The van der Waals surface area contributed by atoms with Gasteiger partial charge in [0.15, 0.2) is 0 Å². The summed E-state index contributed by atoms with van der Waals surface area (Å²) in [6, 6.07) is 3.00. The summed E-state index contributed by atoms with van der Waals surface area (Å²) in [7, 11) is 0. The Hall–Kier alpha value is -0.760. The van der Waals surface area contributed by atoms with E-state index >= 15 is 0 Å². The molecule has 0 aliphatic heterocycles. The van der Waals surface area contributed by atoms with Crippen molar-refractivity contribution in [3.63, 3.8) is 0 Å². The number of aromatic nitrogens is 1. The first-order valence-corrected chi connectivity index (χ1v) is 7.52. The maximum absolute atomic E-state index is 3.73. The van der Waals surface area contributed by atoms with Crippen LogP contribution in [0.3, 0.4) is 0 Å². The maximum Gasteiger partial charge on any atom is 0.0225 e. The van der Waals surface area contributed by atoms with Gasteiger partial charge in [-0.15, -0.1) is 0 Å². The molecule has 102 valence electrons. The summed E-state index contributed by atoms with van der Waals surface area (Å²) >= 11 is 0. The van der Waals surface area contributed by atoms with Gasteiger partial charge in [0.1, 0.15) is 0 Å². The van der Waals surface area contributed by atoms with Crippen LogP contribution in [0.15, 0.2) is 6.07 Å². The van der Waals surface area contributed by atoms with Gasteiger partial charge in [0, 0.05) is 30.5 Å². The van der Waals surface area contributed by atoms with Crippen LogP contribution in [0.5, 0.6) is 0 Å². The molecule has 2 rings (SSSR count). The second kappa shape index (κ2) is 5.92. The Balaban J connectivity index is 1.93. The molecule has 1 aliphatic rings. The van der Waals surface area contributed by atoms with Crippen molar-refractivity contribution in [3.8, 4) is 0 Å². The minimum atomic E-state index is 0.664. The molecule has 0 spiro atoms. The Labute approximate surface area is 112 Å². The normalized spacial score (nSPS) is 18.4. The fourth-order valence-corrected chi connectivity index (χ4v) is 3.43. The molecule has 0 aromatic carbocycles. The van der Waals surface area contributed by atoms with Gasteiger partial charge in [0.05, 0.1) is 0 Å². The molecule has 0 saturated heterocycles. The average molecular weight is 248 g/mol. The number of nitrogens with one attached hydrogen (secondary N) is 1. The fourth-order valence-electron chi connectivity index (χ4n) is 3.43. The Bertz CT molecular complexity index is 386. The van der Waals surface area contributed by atoms with Crippen LogP contribution < -0.4 is 5.32 Å². The van der Waals surface area contributed by atoms with Crippen LogP contribution in [0.4, 0.5) is 0 Å². The van der Waals surface area contributed by atoms with E-state index < -0.39 is 0 Å². The van der Waals surface area contributed by atoms with Crippen molar-refractivity contribution >= 4 is 0 Å². The predicted octanol–water partition coefficient (Wildman–Crippen LogP) is 3.79. The summed E-state index contributed by atoms with van der Waals surface area (Å²) in [5.41, 5.74) is 4.29. The Morgan fingerprint density at radius 3 is 2.56 bits per heavy atom. The van der Waals surface area contributed by atoms with Crippen LogP contribution in [0.25, 0.3) is 0 Å². The van der Waals surface area contributed by atoms with Gasteiger partial charge < -0.3 is 9.88 Å². The lowest BCUT2D eigenvalue weighted by Gasteiger charge is -2.20. The fraction of sp³-hybridized carbons (Fsp3) is 0.750. The van der Waals surface area contributed by atoms with Crippen molar-refractivity contribution in [2.75, 3.05) is 0 Å². The summed E-state index contributed by atoms with van der Waals surface area (Å²) in [5, 5.41) is 3.73. The molecule has 1 heterocycles. The van der Waals surface area contributed by atoms with Crippen LogP contribution in [0.2, 0.25) is 0 Å². The zero-order valence-corrected chi connectivity index (χ0v) is 12.4. The molecular formula is C16H28N2. The van der Waals surface area contributed by atoms with Crippen molar-refractivity contribution < 1.29 is 0 Å². The van der Waals surface area contributed by atoms with Gasteiger partial charge in [0.25, 0.3) is 0 Å². The summed E-state index contributed by atoms with van der Waals surface area (Å²) < 4.78 is 2.40. The van der Waals surface area contributed by atoms with E-state index in [0.717, 1.165) is 19.0 Å². The first kappa shape index (κ1) is 13.7. The van der Waals surface area contributed by atoms with Crippen molar-refractivity contribution in [3.05, 3.63) is 23.0 Å². The Morgan fingerprint density at radius 2 is 2.00 bits per heavy atom. The minimum absolute atomic E-state index is 0.664. The van der Waals surface area contributed by atoms with Gasteiger partial charge in [0.2, 0.25) is 0 Å². The van der Waals surface area contributed by atoms with Gasteiger partial charge in [-0.05, 0) is 58.1 Å². The average Bonchev–Trinajstić information content (AvgIpc) is 2.95. The lowest BCUT2D eigenvalue weighted by molar-refractivity contribution is 0.380. The van der Waals surface area contributed by atoms with E-state index in [1.165, 1.54) is 42.6 Å². The quantitative estimate of drug-likeness (QED) is 0.839. The summed E-state index contributed by atoms with van der Waals surface area (Å²) in [6.07, 6.45) is 5.70. The molecule has 1 aliphatic carbocycles. The van der Waals surface area contributed by atoms with Crippen LogP contribution in [0.1, 0.15) is 56.5 Å². The summed E-state index contributed by atoms with van der Waals surface area (Å²) in [6.45, 7) is 11.1. The third-order valence-corrected chi connectivity index (χ3v) is 4.72.